The number of imidazole rings is 1. The topological polar surface area (TPSA) is 82.5 Å². The number of thiazole rings is 1. The molecule has 0 spiro atoms. The Balaban J connectivity index is 2.10. The number of anilines is 1. The van der Waals surface area contributed by atoms with Crippen LogP contribution in [0.25, 0.3) is 5.65 Å². The Bertz CT molecular complexity index is 829. The molecule has 3 aromatic heterocycles. The molecule has 0 aromatic carbocycles. The lowest BCUT2D eigenvalue weighted by atomic mass is 10.0. The van der Waals surface area contributed by atoms with Gasteiger partial charge in [0.15, 0.2) is 5.13 Å². The van der Waals surface area contributed by atoms with Crippen LogP contribution in [-0.2, 0) is 9.53 Å². The van der Waals surface area contributed by atoms with E-state index in [0.717, 1.165) is 20.7 Å². The summed E-state index contributed by atoms with van der Waals surface area (Å²) in [4.78, 5) is 21.2. The molecule has 22 heavy (non-hydrogen) atoms. The highest BCUT2D eigenvalue weighted by atomic mass is 79.9. The summed E-state index contributed by atoms with van der Waals surface area (Å²) >= 11 is 4.82. The van der Waals surface area contributed by atoms with Gasteiger partial charge in [0.05, 0.1) is 19.2 Å². The van der Waals surface area contributed by atoms with Crippen LogP contribution in [0.4, 0.5) is 5.13 Å². The fourth-order valence-corrected chi connectivity index (χ4v) is 3.43. The maximum Gasteiger partial charge on any atom is 0.306 e. The van der Waals surface area contributed by atoms with Gasteiger partial charge in [-0.15, -0.1) is 11.3 Å². The number of nitrogens with two attached hydrogens (primary N) is 1. The zero-order valence-electron chi connectivity index (χ0n) is 11.7. The Morgan fingerprint density at radius 3 is 2.95 bits per heavy atom. The van der Waals surface area contributed by atoms with E-state index in [2.05, 4.69) is 25.9 Å². The lowest BCUT2D eigenvalue weighted by Gasteiger charge is -2.13. The lowest BCUT2D eigenvalue weighted by molar-refractivity contribution is -0.140. The van der Waals surface area contributed by atoms with Crippen molar-refractivity contribution in [2.45, 2.75) is 12.3 Å². The van der Waals surface area contributed by atoms with Gasteiger partial charge in [-0.3, -0.25) is 4.79 Å². The third-order valence-corrected chi connectivity index (χ3v) is 4.75. The highest BCUT2D eigenvalue weighted by molar-refractivity contribution is 9.10. The first-order valence-electron chi connectivity index (χ1n) is 6.49. The predicted molar refractivity (Wildman–Crippen MR) is 87.9 cm³/mol. The summed E-state index contributed by atoms with van der Waals surface area (Å²) in [6, 6.07) is 3.83. The highest BCUT2D eigenvalue weighted by Crippen LogP contribution is 2.33. The lowest BCUT2D eigenvalue weighted by Crippen LogP contribution is -2.11. The van der Waals surface area contributed by atoms with Crippen molar-refractivity contribution in [1.29, 1.82) is 0 Å². The number of hydrogen-bond acceptors (Lipinski definition) is 6. The standard InChI is InChI=1S/C14H13BrN4O2S/c1-21-13(20)4-9(11-6-18-14(16)22-11)10-5-17-12-3-2-8(15)7-19(10)12/h2-3,5-7,9H,4H2,1H3,(H2,16,18). The molecule has 3 heterocycles. The summed E-state index contributed by atoms with van der Waals surface area (Å²) < 4.78 is 7.70. The van der Waals surface area contributed by atoms with Gasteiger partial charge in [0.2, 0.25) is 0 Å². The minimum absolute atomic E-state index is 0.202. The van der Waals surface area contributed by atoms with E-state index in [-0.39, 0.29) is 18.3 Å². The quantitative estimate of drug-likeness (QED) is 0.703. The molecule has 0 aliphatic rings. The van der Waals surface area contributed by atoms with Crippen LogP contribution in [0, 0.1) is 0 Å². The summed E-state index contributed by atoms with van der Waals surface area (Å²) in [5, 5.41) is 0.472. The minimum Gasteiger partial charge on any atom is -0.469 e. The number of pyridine rings is 1. The van der Waals surface area contributed by atoms with Crippen molar-refractivity contribution < 1.29 is 9.53 Å². The van der Waals surface area contributed by atoms with Gasteiger partial charge in [0.1, 0.15) is 5.65 Å². The van der Waals surface area contributed by atoms with Gasteiger partial charge in [-0.25, -0.2) is 9.97 Å². The molecular formula is C14H13BrN4O2S. The van der Waals surface area contributed by atoms with Crippen LogP contribution in [0.3, 0.4) is 0 Å². The van der Waals surface area contributed by atoms with Crippen molar-refractivity contribution in [3.63, 3.8) is 0 Å². The summed E-state index contributed by atoms with van der Waals surface area (Å²) in [7, 11) is 1.38. The third kappa shape index (κ3) is 2.84. The Hall–Kier alpha value is -1.93. The largest absolute Gasteiger partial charge is 0.469 e. The van der Waals surface area contributed by atoms with E-state index in [1.165, 1.54) is 18.4 Å². The first-order valence-corrected chi connectivity index (χ1v) is 8.10. The van der Waals surface area contributed by atoms with E-state index in [1.54, 1.807) is 12.4 Å². The summed E-state index contributed by atoms with van der Waals surface area (Å²) in [5.74, 6) is -0.492. The van der Waals surface area contributed by atoms with Crippen LogP contribution in [0.1, 0.15) is 22.9 Å². The van der Waals surface area contributed by atoms with Crippen LogP contribution in [0.5, 0.6) is 0 Å². The van der Waals surface area contributed by atoms with Crippen molar-refractivity contribution in [3.05, 3.63) is 45.8 Å². The number of nitrogen functional groups attached to an aromatic ring is 1. The normalized spacial score (nSPS) is 12.5. The fourth-order valence-electron chi connectivity index (χ4n) is 2.29. The molecule has 3 rings (SSSR count). The van der Waals surface area contributed by atoms with Gasteiger partial charge in [0.25, 0.3) is 0 Å². The van der Waals surface area contributed by atoms with Crippen LogP contribution in [-0.4, -0.2) is 27.4 Å². The van der Waals surface area contributed by atoms with Crippen molar-refractivity contribution in [3.8, 4) is 0 Å². The van der Waals surface area contributed by atoms with E-state index < -0.39 is 0 Å². The van der Waals surface area contributed by atoms with Gasteiger partial charge in [-0.1, -0.05) is 0 Å². The average molecular weight is 381 g/mol. The van der Waals surface area contributed by atoms with Crippen molar-refractivity contribution >= 4 is 44.0 Å². The van der Waals surface area contributed by atoms with Gasteiger partial charge < -0.3 is 14.9 Å². The predicted octanol–water partition coefficient (Wildman–Crippen LogP) is 2.83. The molecule has 3 aromatic rings. The minimum atomic E-state index is -0.290. The van der Waals surface area contributed by atoms with E-state index in [0.29, 0.717) is 5.13 Å². The molecule has 114 valence electrons. The zero-order valence-corrected chi connectivity index (χ0v) is 14.1. The molecule has 0 saturated heterocycles. The molecule has 0 amide bonds. The van der Waals surface area contributed by atoms with Crippen molar-refractivity contribution in [1.82, 2.24) is 14.4 Å². The molecule has 0 radical (unpaired) electrons. The number of nitrogens with zero attached hydrogens (tertiary/aromatic N) is 3. The number of aromatic nitrogens is 3. The third-order valence-electron chi connectivity index (χ3n) is 3.34. The Kier molecular flexibility index (Phi) is 4.12. The molecule has 0 saturated carbocycles. The number of methoxy groups -OCH3 is 1. The van der Waals surface area contributed by atoms with Crippen LogP contribution in [0.2, 0.25) is 0 Å². The van der Waals surface area contributed by atoms with E-state index in [9.17, 15) is 4.79 Å². The monoisotopic (exact) mass is 380 g/mol. The Morgan fingerprint density at radius 1 is 1.45 bits per heavy atom. The van der Waals surface area contributed by atoms with E-state index in [1.807, 2.05) is 22.7 Å². The Labute approximate surface area is 139 Å². The number of ether oxygens (including phenoxy) is 1. The number of halogens is 1. The molecular weight excluding hydrogens is 368 g/mol. The summed E-state index contributed by atoms with van der Waals surface area (Å²) in [6.45, 7) is 0. The molecule has 8 heteroatoms. The number of esters is 1. The average Bonchev–Trinajstić information content (AvgIpc) is 3.10. The molecule has 0 bridgehead atoms. The van der Waals surface area contributed by atoms with Gasteiger partial charge in [-0.05, 0) is 28.1 Å². The van der Waals surface area contributed by atoms with Crippen LogP contribution < -0.4 is 5.73 Å². The zero-order chi connectivity index (χ0) is 15.7. The maximum atomic E-state index is 11.8. The summed E-state index contributed by atoms with van der Waals surface area (Å²) in [5.41, 5.74) is 7.44. The Morgan fingerprint density at radius 2 is 2.27 bits per heavy atom. The first kappa shape index (κ1) is 15.0. The summed E-state index contributed by atoms with van der Waals surface area (Å²) in [6.07, 6.45) is 5.60. The molecule has 1 atom stereocenters. The second kappa shape index (κ2) is 6.05. The second-order valence-corrected chi connectivity index (χ2v) is 6.70. The molecule has 0 aliphatic heterocycles. The van der Waals surface area contributed by atoms with E-state index in [4.69, 9.17) is 10.5 Å². The molecule has 0 aliphatic carbocycles. The molecule has 1 unspecified atom stereocenters. The van der Waals surface area contributed by atoms with Gasteiger partial charge >= 0.3 is 5.97 Å². The van der Waals surface area contributed by atoms with Gasteiger partial charge in [0, 0.05) is 33.9 Å². The maximum absolute atomic E-state index is 11.8. The molecule has 2 N–H and O–H groups in total. The van der Waals surface area contributed by atoms with Crippen molar-refractivity contribution in [2.24, 2.45) is 0 Å². The fraction of sp³-hybridized carbons (Fsp3) is 0.214. The van der Waals surface area contributed by atoms with Crippen LogP contribution >= 0.6 is 27.3 Å². The SMILES string of the molecule is COC(=O)CC(c1cnc(N)s1)c1cnc2ccc(Br)cn12. The molecule has 0 fully saturated rings. The highest BCUT2D eigenvalue weighted by Gasteiger charge is 2.24. The number of rotatable bonds is 4. The number of carbonyl (C=O) groups is 1. The smallest absolute Gasteiger partial charge is 0.306 e. The van der Waals surface area contributed by atoms with Gasteiger partial charge in [-0.2, -0.15) is 0 Å². The number of hydrogen-bond donors (Lipinski definition) is 1. The first-order chi connectivity index (χ1) is 10.6. The molecule has 6 nitrogen and oxygen atoms in total. The van der Waals surface area contributed by atoms with Crippen LogP contribution in [0.15, 0.2) is 35.2 Å². The number of carbonyl (C=O) groups excluding carboxylic acids is 1. The van der Waals surface area contributed by atoms with E-state index >= 15 is 0 Å². The second-order valence-electron chi connectivity index (χ2n) is 4.69. The number of fused-ring (bicyclic) bond motifs is 1. The van der Waals surface area contributed by atoms with Crippen molar-refractivity contribution in [2.75, 3.05) is 12.8 Å².